The van der Waals surface area contributed by atoms with Crippen molar-refractivity contribution in [2.75, 3.05) is 0 Å². The molecule has 1 aliphatic carbocycles. The van der Waals surface area contributed by atoms with Crippen LogP contribution in [0, 0.1) is 6.92 Å². The standard InChI is InChI=1S/C13H15N3OS/c1-3-12-14-15-13(18-12)16-8(2)7-9-10(16)5-4-6-11(9)17/h7H,3-6H2,1-2H3. The molecule has 0 bridgehead atoms. The monoisotopic (exact) mass is 261 g/mol. The number of carbonyl (C=O) groups is 1. The zero-order valence-corrected chi connectivity index (χ0v) is 11.4. The first-order valence-corrected chi connectivity index (χ1v) is 7.09. The van der Waals surface area contributed by atoms with Crippen molar-refractivity contribution in [2.45, 2.75) is 39.5 Å². The lowest BCUT2D eigenvalue weighted by Gasteiger charge is -2.13. The zero-order valence-electron chi connectivity index (χ0n) is 10.6. The van der Waals surface area contributed by atoms with E-state index in [1.807, 2.05) is 13.0 Å². The summed E-state index contributed by atoms with van der Waals surface area (Å²) in [5, 5.41) is 10.3. The molecule has 1 aliphatic rings. The molecule has 0 amide bonds. The summed E-state index contributed by atoms with van der Waals surface area (Å²) in [7, 11) is 0. The van der Waals surface area contributed by atoms with Crippen LogP contribution in [-0.4, -0.2) is 20.5 Å². The summed E-state index contributed by atoms with van der Waals surface area (Å²) in [6, 6.07) is 1.99. The van der Waals surface area contributed by atoms with Gasteiger partial charge >= 0.3 is 0 Å². The second-order valence-electron chi connectivity index (χ2n) is 4.59. The quantitative estimate of drug-likeness (QED) is 0.835. The van der Waals surface area contributed by atoms with Gasteiger partial charge < -0.3 is 0 Å². The number of nitrogens with zero attached hydrogens (tertiary/aromatic N) is 3. The lowest BCUT2D eigenvalue weighted by Crippen LogP contribution is -2.12. The highest BCUT2D eigenvalue weighted by Crippen LogP contribution is 2.29. The average Bonchev–Trinajstić information content (AvgIpc) is 2.93. The molecule has 2 aromatic heterocycles. The van der Waals surface area contributed by atoms with Crippen LogP contribution >= 0.6 is 11.3 Å². The molecule has 0 aliphatic heterocycles. The highest BCUT2D eigenvalue weighted by Gasteiger charge is 2.24. The van der Waals surface area contributed by atoms with Gasteiger partial charge in [0.15, 0.2) is 5.78 Å². The number of aryl methyl sites for hydroxylation is 2. The molecule has 5 heteroatoms. The van der Waals surface area contributed by atoms with Crippen LogP contribution in [-0.2, 0) is 12.8 Å². The number of rotatable bonds is 2. The van der Waals surface area contributed by atoms with Gasteiger partial charge in [0.1, 0.15) is 5.01 Å². The minimum Gasteiger partial charge on any atom is -0.294 e. The van der Waals surface area contributed by atoms with Gasteiger partial charge in [0.2, 0.25) is 5.13 Å². The van der Waals surface area contributed by atoms with Crippen molar-refractivity contribution in [3.8, 4) is 5.13 Å². The number of hydrogen-bond donors (Lipinski definition) is 0. The van der Waals surface area contributed by atoms with E-state index in [9.17, 15) is 4.79 Å². The molecule has 0 saturated heterocycles. The van der Waals surface area contributed by atoms with Crippen LogP contribution in [0.25, 0.3) is 5.13 Å². The van der Waals surface area contributed by atoms with Gasteiger partial charge in [-0.3, -0.25) is 9.36 Å². The molecule has 18 heavy (non-hydrogen) atoms. The van der Waals surface area contributed by atoms with Crippen LogP contribution in [0.5, 0.6) is 0 Å². The zero-order chi connectivity index (χ0) is 12.7. The van der Waals surface area contributed by atoms with Crippen LogP contribution in [0.3, 0.4) is 0 Å². The lowest BCUT2D eigenvalue weighted by molar-refractivity contribution is 0.0972. The van der Waals surface area contributed by atoms with Crippen molar-refractivity contribution in [2.24, 2.45) is 0 Å². The Morgan fingerprint density at radius 2 is 2.22 bits per heavy atom. The Kier molecular flexibility index (Phi) is 2.78. The van der Waals surface area contributed by atoms with E-state index >= 15 is 0 Å². The maximum Gasteiger partial charge on any atom is 0.216 e. The van der Waals surface area contributed by atoms with Crippen LogP contribution in [0.4, 0.5) is 0 Å². The van der Waals surface area contributed by atoms with E-state index in [-0.39, 0.29) is 5.78 Å². The van der Waals surface area contributed by atoms with Gasteiger partial charge in [-0.05, 0) is 32.3 Å². The van der Waals surface area contributed by atoms with E-state index < -0.39 is 0 Å². The summed E-state index contributed by atoms with van der Waals surface area (Å²) in [6.45, 7) is 4.10. The van der Waals surface area contributed by atoms with Crippen molar-refractivity contribution in [3.05, 3.63) is 28.0 Å². The van der Waals surface area contributed by atoms with E-state index in [0.717, 1.165) is 46.4 Å². The molecule has 4 nitrogen and oxygen atoms in total. The molecule has 2 aromatic rings. The topological polar surface area (TPSA) is 47.8 Å². The maximum atomic E-state index is 11.9. The summed E-state index contributed by atoms with van der Waals surface area (Å²) >= 11 is 1.61. The highest BCUT2D eigenvalue weighted by molar-refractivity contribution is 7.13. The molecule has 0 atom stereocenters. The van der Waals surface area contributed by atoms with E-state index in [2.05, 4.69) is 21.7 Å². The van der Waals surface area contributed by atoms with Crippen molar-refractivity contribution >= 4 is 17.1 Å². The first kappa shape index (κ1) is 11.6. The van der Waals surface area contributed by atoms with Gasteiger partial charge in [-0.1, -0.05) is 18.3 Å². The third-order valence-corrected chi connectivity index (χ3v) is 4.41. The number of carbonyl (C=O) groups excluding carboxylic acids is 1. The normalized spacial score (nSPS) is 14.9. The summed E-state index contributed by atoms with van der Waals surface area (Å²) < 4.78 is 2.10. The minimum absolute atomic E-state index is 0.262. The molecule has 0 N–H and O–H groups in total. The van der Waals surface area contributed by atoms with Gasteiger partial charge in [-0.2, -0.15) is 0 Å². The van der Waals surface area contributed by atoms with E-state index in [0.29, 0.717) is 6.42 Å². The Bertz CT molecular complexity index is 612. The van der Waals surface area contributed by atoms with E-state index in [1.54, 1.807) is 11.3 Å². The SMILES string of the molecule is CCc1nnc(-n2c(C)cc3c2CCCC3=O)s1. The van der Waals surface area contributed by atoms with E-state index in [4.69, 9.17) is 0 Å². The van der Waals surface area contributed by atoms with Gasteiger partial charge in [0.25, 0.3) is 0 Å². The van der Waals surface area contributed by atoms with E-state index in [1.165, 1.54) is 0 Å². The van der Waals surface area contributed by atoms with Crippen molar-refractivity contribution in [1.29, 1.82) is 0 Å². The number of aromatic nitrogens is 3. The maximum absolute atomic E-state index is 11.9. The predicted octanol–water partition coefficient (Wildman–Crippen LogP) is 2.72. The molecule has 3 rings (SSSR count). The molecule has 0 spiro atoms. The summed E-state index contributed by atoms with van der Waals surface area (Å²) in [5.41, 5.74) is 3.07. The predicted molar refractivity (Wildman–Crippen MR) is 70.6 cm³/mol. The number of Topliss-reactive ketones (excluding diaryl/α,β-unsaturated/α-hetero) is 1. The van der Waals surface area contributed by atoms with Crippen LogP contribution in [0.15, 0.2) is 6.07 Å². The summed E-state index contributed by atoms with van der Waals surface area (Å²) in [4.78, 5) is 11.9. The minimum atomic E-state index is 0.262. The summed E-state index contributed by atoms with van der Waals surface area (Å²) in [5.74, 6) is 0.262. The van der Waals surface area contributed by atoms with Crippen molar-refractivity contribution < 1.29 is 4.79 Å². The molecule has 0 unspecified atom stereocenters. The fourth-order valence-electron chi connectivity index (χ4n) is 2.47. The van der Waals surface area contributed by atoms with Crippen LogP contribution in [0.1, 0.15) is 46.5 Å². The van der Waals surface area contributed by atoms with Gasteiger partial charge in [0.05, 0.1) is 0 Å². The Labute approximate surface area is 110 Å². The van der Waals surface area contributed by atoms with Crippen molar-refractivity contribution in [3.63, 3.8) is 0 Å². The largest absolute Gasteiger partial charge is 0.294 e. The highest BCUT2D eigenvalue weighted by atomic mass is 32.1. The third-order valence-electron chi connectivity index (χ3n) is 3.35. The molecule has 0 fully saturated rings. The molecule has 0 aromatic carbocycles. The molecule has 2 heterocycles. The number of ketones is 1. The first-order valence-electron chi connectivity index (χ1n) is 6.28. The van der Waals surface area contributed by atoms with Crippen LogP contribution < -0.4 is 0 Å². The van der Waals surface area contributed by atoms with Gasteiger partial charge in [0, 0.05) is 23.4 Å². The third kappa shape index (κ3) is 1.70. The molecular formula is C13H15N3OS. The fraction of sp³-hybridized carbons (Fsp3) is 0.462. The Hall–Kier alpha value is -1.49. The lowest BCUT2D eigenvalue weighted by atomic mass is 9.97. The molecule has 0 saturated carbocycles. The Morgan fingerprint density at radius 1 is 1.39 bits per heavy atom. The van der Waals surface area contributed by atoms with Gasteiger partial charge in [-0.25, -0.2) is 0 Å². The molecule has 94 valence electrons. The van der Waals surface area contributed by atoms with Crippen molar-refractivity contribution in [1.82, 2.24) is 14.8 Å². The smallest absolute Gasteiger partial charge is 0.216 e. The first-order chi connectivity index (χ1) is 8.70. The van der Waals surface area contributed by atoms with Crippen LogP contribution in [0.2, 0.25) is 0 Å². The fourth-order valence-corrected chi connectivity index (χ4v) is 3.34. The van der Waals surface area contributed by atoms with Gasteiger partial charge in [-0.15, -0.1) is 10.2 Å². The molecular weight excluding hydrogens is 246 g/mol. The second-order valence-corrected chi connectivity index (χ2v) is 5.63. The Morgan fingerprint density at radius 3 is 2.94 bits per heavy atom. The summed E-state index contributed by atoms with van der Waals surface area (Å²) in [6.07, 6.45) is 3.47. The number of fused-ring (bicyclic) bond motifs is 1. The average molecular weight is 261 g/mol. The number of hydrogen-bond acceptors (Lipinski definition) is 4. The second kappa shape index (κ2) is 4.31. The molecule has 0 radical (unpaired) electrons. The Balaban J connectivity index is 2.14.